The lowest BCUT2D eigenvalue weighted by atomic mass is 9.87. The molecule has 0 aromatic heterocycles. The fourth-order valence-electron chi connectivity index (χ4n) is 5.52. The molecule has 2 aliphatic heterocycles. The normalized spacial score (nSPS) is 33.5. The molecule has 0 spiro atoms. The maximum atomic E-state index is 12.8. The van der Waals surface area contributed by atoms with Crippen LogP contribution in [0, 0.1) is 17.8 Å². The Morgan fingerprint density at radius 2 is 1.48 bits per heavy atom. The lowest BCUT2D eigenvalue weighted by molar-refractivity contribution is -0.139. The maximum absolute atomic E-state index is 12.8. The van der Waals surface area contributed by atoms with Gasteiger partial charge in [-0.05, 0) is 43.9 Å². The molecular formula is C20H33N3O2. The summed E-state index contributed by atoms with van der Waals surface area (Å²) < 4.78 is 0. The Morgan fingerprint density at radius 1 is 0.760 bits per heavy atom. The number of carbonyl (C=O) groups excluding carboxylic acids is 2. The van der Waals surface area contributed by atoms with E-state index in [9.17, 15) is 9.59 Å². The number of hydrogen-bond acceptors (Lipinski definition) is 3. The summed E-state index contributed by atoms with van der Waals surface area (Å²) in [5.41, 5.74) is 0. The molecule has 0 aromatic rings. The van der Waals surface area contributed by atoms with Crippen LogP contribution < -0.4 is 0 Å². The summed E-state index contributed by atoms with van der Waals surface area (Å²) in [5.74, 6) is 2.50. The molecule has 140 valence electrons. The molecule has 4 aliphatic rings. The monoisotopic (exact) mass is 347 g/mol. The predicted octanol–water partition coefficient (Wildman–Crippen LogP) is 1.97. The number of amides is 2. The summed E-state index contributed by atoms with van der Waals surface area (Å²) in [6.07, 6.45) is 9.86. The van der Waals surface area contributed by atoms with Gasteiger partial charge in [-0.15, -0.1) is 0 Å². The highest BCUT2D eigenvalue weighted by molar-refractivity contribution is 5.80. The van der Waals surface area contributed by atoms with Crippen LogP contribution in [0.15, 0.2) is 0 Å². The van der Waals surface area contributed by atoms with E-state index >= 15 is 0 Å². The standard InChI is InChI=1S/C20H33N3O2/c24-19(22-7-3-1-2-4-8-22)15-21-9-11-23(12-10-21)20(25)18-14-16-5-6-17(18)13-16/h16-18H,1-15H2/t16-,17+,18-/m0/s1. The zero-order valence-corrected chi connectivity index (χ0v) is 15.5. The van der Waals surface area contributed by atoms with E-state index in [4.69, 9.17) is 0 Å². The molecule has 0 aromatic carbocycles. The second kappa shape index (κ2) is 7.65. The molecule has 2 bridgehead atoms. The van der Waals surface area contributed by atoms with E-state index in [1.807, 2.05) is 0 Å². The van der Waals surface area contributed by atoms with Crippen LogP contribution in [0.1, 0.15) is 51.4 Å². The van der Waals surface area contributed by atoms with Crippen molar-refractivity contribution in [1.82, 2.24) is 14.7 Å². The van der Waals surface area contributed by atoms with E-state index < -0.39 is 0 Å². The first-order chi connectivity index (χ1) is 12.2. The Bertz CT molecular complexity index is 493. The van der Waals surface area contributed by atoms with Crippen molar-refractivity contribution in [3.8, 4) is 0 Å². The van der Waals surface area contributed by atoms with Gasteiger partial charge in [0, 0.05) is 45.2 Å². The van der Waals surface area contributed by atoms with Crippen LogP contribution in [0.3, 0.4) is 0 Å². The number of likely N-dealkylation sites (tertiary alicyclic amines) is 1. The molecule has 2 heterocycles. The Labute approximate surface area is 151 Å². The Balaban J connectivity index is 1.23. The number of piperazine rings is 1. The molecule has 0 N–H and O–H groups in total. The van der Waals surface area contributed by atoms with Gasteiger partial charge in [0.25, 0.3) is 0 Å². The predicted molar refractivity (Wildman–Crippen MR) is 97.0 cm³/mol. The van der Waals surface area contributed by atoms with Gasteiger partial charge in [-0.25, -0.2) is 0 Å². The highest BCUT2D eigenvalue weighted by Crippen LogP contribution is 2.48. The van der Waals surface area contributed by atoms with Crippen LogP contribution in [-0.4, -0.2) is 72.3 Å². The average molecular weight is 348 g/mol. The Kier molecular flexibility index (Phi) is 5.30. The van der Waals surface area contributed by atoms with Crippen LogP contribution in [0.5, 0.6) is 0 Å². The second-order valence-corrected chi connectivity index (χ2v) is 8.68. The molecule has 5 heteroatoms. The molecule has 25 heavy (non-hydrogen) atoms. The van der Waals surface area contributed by atoms with Crippen molar-refractivity contribution in [3.63, 3.8) is 0 Å². The van der Waals surface area contributed by atoms with Gasteiger partial charge >= 0.3 is 0 Å². The molecule has 4 rings (SSSR count). The summed E-state index contributed by atoms with van der Waals surface area (Å²) >= 11 is 0. The van der Waals surface area contributed by atoms with Crippen LogP contribution in [0.2, 0.25) is 0 Å². The minimum absolute atomic E-state index is 0.287. The minimum atomic E-state index is 0.287. The van der Waals surface area contributed by atoms with Gasteiger partial charge in [0.2, 0.25) is 11.8 Å². The molecule has 2 saturated heterocycles. The third kappa shape index (κ3) is 3.86. The van der Waals surface area contributed by atoms with E-state index in [1.54, 1.807) is 0 Å². The molecule has 2 aliphatic carbocycles. The maximum Gasteiger partial charge on any atom is 0.236 e. The van der Waals surface area contributed by atoms with E-state index in [-0.39, 0.29) is 5.91 Å². The van der Waals surface area contributed by atoms with Gasteiger partial charge in [-0.1, -0.05) is 19.3 Å². The van der Waals surface area contributed by atoms with E-state index in [0.29, 0.717) is 24.3 Å². The molecular weight excluding hydrogens is 314 g/mol. The smallest absolute Gasteiger partial charge is 0.236 e. The van der Waals surface area contributed by atoms with Gasteiger partial charge < -0.3 is 9.80 Å². The first-order valence-corrected chi connectivity index (χ1v) is 10.5. The number of hydrogen-bond donors (Lipinski definition) is 0. The summed E-state index contributed by atoms with van der Waals surface area (Å²) in [6, 6.07) is 0. The third-order valence-electron chi connectivity index (χ3n) is 7.06. The summed E-state index contributed by atoms with van der Waals surface area (Å²) in [4.78, 5) is 31.8. The van der Waals surface area contributed by atoms with E-state index in [0.717, 1.165) is 64.4 Å². The molecule has 5 nitrogen and oxygen atoms in total. The first-order valence-electron chi connectivity index (χ1n) is 10.5. The summed E-state index contributed by atoms with van der Waals surface area (Å²) in [5, 5.41) is 0. The van der Waals surface area contributed by atoms with E-state index in [2.05, 4.69) is 14.7 Å². The van der Waals surface area contributed by atoms with Crippen molar-refractivity contribution < 1.29 is 9.59 Å². The zero-order chi connectivity index (χ0) is 17.2. The highest BCUT2D eigenvalue weighted by Gasteiger charge is 2.44. The van der Waals surface area contributed by atoms with Gasteiger partial charge in [-0.2, -0.15) is 0 Å². The van der Waals surface area contributed by atoms with Crippen LogP contribution in [-0.2, 0) is 9.59 Å². The van der Waals surface area contributed by atoms with Crippen LogP contribution in [0.4, 0.5) is 0 Å². The molecule has 0 unspecified atom stereocenters. The number of fused-ring (bicyclic) bond motifs is 2. The largest absolute Gasteiger partial charge is 0.342 e. The van der Waals surface area contributed by atoms with Crippen molar-refractivity contribution in [1.29, 1.82) is 0 Å². The summed E-state index contributed by atoms with van der Waals surface area (Å²) in [6.45, 7) is 5.72. The Hall–Kier alpha value is -1.10. The quantitative estimate of drug-likeness (QED) is 0.784. The SMILES string of the molecule is O=C(CN1CCN(C(=O)[C@H]2C[C@H]3CC[C@@H]2C3)CC1)N1CCCCCC1. The Morgan fingerprint density at radius 3 is 2.08 bits per heavy atom. The van der Waals surface area contributed by atoms with Crippen molar-refractivity contribution in [2.45, 2.75) is 51.4 Å². The molecule has 3 atom stereocenters. The molecule has 2 saturated carbocycles. The number of carbonyl (C=O) groups is 2. The fraction of sp³-hybridized carbons (Fsp3) is 0.900. The van der Waals surface area contributed by atoms with Gasteiger partial charge in [-0.3, -0.25) is 14.5 Å². The number of nitrogens with zero attached hydrogens (tertiary/aromatic N) is 3. The van der Waals surface area contributed by atoms with Crippen molar-refractivity contribution in [2.24, 2.45) is 17.8 Å². The average Bonchev–Trinajstić information content (AvgIpc) is 3.16. The molecule has 0 radical (unpaired) electrons. The topological polar surface area (TPSA) is 43.9 Å². The zero-order valence-electron chi connectivity index (χ0n) is 15.5. The molecule has 2 amide bonds. The first kappa shape index (κ1) is 17.3. The lowest BCUT2D eigenvalue weighted by Crippen LogP contribution is -2.53. The molecule has 4 fully saturated rings. The van der Waals surface area contributed by atoms with Gasteiger partial charge in [0.1, 0.15) is 0 Å². The van der Waals surface area contributed by atoms with Gasteiger partial charge in [0.05, 0.1) is 6.54 Å². The lowest BCUT2D eigenvalue weighted by Gasteiger charge is -2.37. The van der Waals surface area contributed by atoms with E-state index in [1.165, 1.54) is 32.1 Å². The van der Waals surface area contributed by atoms with Crippen molar-refractivity contribution in [2.75, 3.05) is 45.8 Å². The minimum Gasteiger partial charge on any atom is -0.342 e. The van der Waals surface area contributed by atoms with Crippen molar-refractivity contribution >= 4 is 11.8 Å². The van der Waals surface area contributed by atoms with Crippen LogP contribution in [0.25, 0.3) is 0 Å². The van der Waals surface area contributed by atoms with Crippen LogP contribution >= 0.6 is 0 Å². The van der Waals surface area contributed by atoms with Gasteiger partial charge in [0.15, 0.2) is 0 Å². The third-order valence-corrected chi connectivity index (χ3v) is 7.06. The number of rotatable bonds is 3. The van der Waals surface area contributed by atoms with Crippen molar-refractivity contribution in [3.05, 3.63) is 0 Å². The highest BCUT2D eigenvalue weighted by atomic mass is 16.2. The second-order valence-electron chi connectivity index (χ2n) is 8.68. The fourth-order valence-corrected chi connectivity index (χ4v) is 5.52. The summed E-state index contributed by atoms with van der Waals surface area (Å²) in [7, 11) is 0.